The number of amides is 1. The highest BCUT2D eigenvalue weighted by molar-refractivity contribution is 6.30. The number of anilines is 1. The Morgan fingerprint density at radius 1 is 1.21 bits per heavy atom. The molecule has 2 aromatic carbocycles. The summed E-state index contributed by atoms with van der Waals surface area (Å²) in [7, 11) is 1.71. The number of halogens is 2. The van der Waals surface area contributed by atoms with E-state index in [9.17, 15) is 9.18 Å². The van der Waals surface area contributed by atoms with E-state index >= 15 is 0 Å². The van der Waals surface area contributed by atoms with Gasteiger partial charge in [-0.25, -0.2) is 4.39 Å². The predicted molar refractivity (Wildman–Crippen MR) is 89.6 cm³/mol. The Morgan fingerprint density at radius 2 is 2.00 bits per heavy atom. The summed E-state index contributed by atoms with van der Waals surface area (Å²) >= 11 is 6.22. The highest BCUT2D eigenvalue weighted by Crippen LogP contribution is 2.47. The van der Waals surface area contributed by atoms with Crippen LogP contribution >= 0.6 is 11.6 Å². The molecule has 1 unspecified atom stereocenters. The third kappa shape index (κ3) is 2.09. The molecule has 0 aliphatic carbocycles. The lowest BCUT2D eigenvalue weighted by molar-refractivity contribution is -0.123. The van der Waals surface area contributed by atoms with Crippen LogP contribution in [0.5, 0.6) is 0 Å². The fourth-order valence-corrected chi connectivity index (χ4v) is 3.77. The first-order valence-electron chi connectivity index (χ1n) is 7.74. The van der Waals surface area contributed by atoms with Crippen LogP contribution in [-0.4, -0.2) is 37.6 Å². The fraction of sp³-hybridized carbons (Fsp3) is 0.278. The number of nitrogens with zero attached hydrogens (tertiary/aromatic N) is 2. The molecule has 2 aliphatic rings. The highest BCUT2D eigenvalue weighted by atomic mass is 35.5. The molecule has 0 radical (unpaired) electrons. The summed E-state index contributed by atoms with van der Waals surface area (Å²) < 4.78 is 20.8. The topological polar surface area (TPSA) is 32.8 Å². The number of hydrogen-bond donors (Lipinski definition) is 0. The second-order valence-corrected chi connectivity index (χ2v) is 6.44. The maximum Gasteiger partial charge on any atom is 0.241 e. The monoisotopic (exact) mass is 346 g/mol. The van der Waals surface area contributed by atoms with E-state index in [-0.39, 0.29) is 18.3 Å². The van der Waals surface area contributed by atoms with Crippen LogP contribution in [-0.2, 0) is 15.3 Å². The van der Waals surface area contributed by atoms with Gasteiger partial charge in [-0.15, -0.1) is 0 Å². The van der Waals surface area contributed by atoms with Crippen molar-refractivity contribution in [2.75, 3.05) is 31.6 Å². The molecule has 0 bridgehead atoms. The minimum absolute atomic E-state index is 0.0673. The molecule has 1 fully saturated rings. The average molecular weight is 347 g/mol. The van der Waals surface area contributed by atoms with Gasteiger partial charge in [-0.1, -0.05) is 29.8 Å². The first-order valence-corrected chi connectivity index (χ1v) is 8.12. The first kappa shape index (κ1) is 15.6. The summed E-state index contributed by atoms with van der Waals surface area (Å²) in [5.41, 5.74) is 0.614. The fourth-order valence-electron chi connectivity index (χ4n) is 3.60. The first-order chi connectivity index (χ1) is 11.5. The maximum absolute atomic E-state index is 14.7. The minimum atomic E-state index is -1.15. The molecule has 0 N–H and O–H groups in total. The third-order valence-corrected chi connectivity index (χ3v) is 4.98. The minimum Gasteiger partial charge on any atom is -0.350 e. The van der Waals surface area contributed by atoms with E-state index < -0.39 is 5.72 Å². The Morgan fingerprint density at radius 3 is 2.79 bits per heavy atom. The molecule has 4 rings (SSSR count). The predicted octanol–water partition coefficient (Wildman–Crippen LogP) is 2.99. The molecule has 2 aliphatic heterocycles. The summed E-state index contributed by atoms with van der Waals surface area (Å²) in [5.74, 6) is -0.436. The van der Waals surface area contributed by atoms with Crippen molar-refractivity contribution in [3.8, 4) is 0 Å². The van der Waals surface area contributed by atoms with E-state index in [1.165, 1.54) is 6.07 Å². The standard InChI is InChI=1S/C18H16ClFN2O2/c1-21-16-7-6-12(19)10-14(16)18(13-4-2-3-5-15(13)20)22(8-9-24-18)11-17(21)23/h2-7,10H,8-9,11H2,1H3. The van der Waals surface area contributed by atoms with Crippen molar-refractivity contribution in [2.24, 2.45) is 0 Å². The van der Waals surface area contributed by atoms with Crippen molar-refractivity contribution in [3.63, 3.8) is 0 Å². The van der Waals surface area contributed by atoms with Crippen molar-refractivity contribution in [1.29, 1.82) is 0 Å². The molecule has 6 heteroatoms. The molecule has 0 saturated carbocycles. The van der Waals surface area contributed by atoms with Gasteiger partial charge in [0.05, 0.1) is 18.8 Å². The van der Waals surface area contributed by atoms with Crippen molar-refractivity contribution in [1.82, 2.24) is 4.90 Å². The number of likely N-dealkylation sites (N-methyl/N-ethyl adjacent to an activating group) is 1. The zero-order valence-corrected chi connectivity index (χ0v) is 13.9. The van der Waals surface area contributed by atoms with Gasteiger partial charge < -0.3 is 9.64 Å². The Kier molecular flexibility index (Phi) is 3.60. The molecule has 1 saturated heterocycles. The lowest BCUT2D eigenvalue weighted by atomic mass is 9.91. The van der Waals surface area contributed by atoms with Gasteiger partial charge in [0.25, 0.3) is 0 Å². The van der Waals surface area contributed by atoms with Crippen molar-refractivity contribution in [3.05, 3.63) is 64.4 Å². The van der Waals surface area contributed by atoms with Crippen LogP contribution in [0, 0.1) is 5.82 Å². The highest BCUT2D eigenvalue weighted by Gasteiger charge is 2.51. The molecule has 1 atom stereocenters. The normalized spacial score (nSPS) is 23.8. The average Bonchev–Trinajstić information content (AvgIpc) is 2.95. The summed E-state index contributed by atoms with van der Waals surface area (Å²) in [6, 6.07) is 11.8. The number of rotatable bonds is 1. The van der Waals surface area contributed by atoms with Gasteiger partial charge in [-0.3, -0.25) is 9.69 Å². The molecule has 0 spiro atoms. The van der Waals surface area contributed by atoms with Crippen LogP contribution in [0.3, 0.4) is 0 Å². The van der Waals surface area contributed by atoms with Crippen molar-refractivity contribution >= 4 is 23.2 Å². The molecule has 124 valence electrons. The molecule has 2 aromatic rings. The second-order valence-electron chi connectivity index (χ2n) is 6.01. The number of benzene rings is 2. The van der Waals surface area contributed by atoms with Gasteiger partial charge in [0.1, 0.15) is 5.82 Å². The van der Waals surface area contributed by atoms with Gasteiger partial charge in [0.2, 0.25) is 5.91 Å². The molecular formula is C18H16ClFN2O2. The van der Waals surface area contributed by atoms with Gasteiger partial charge in [-0.2, -0.15) is 0 Å². The van der Waals surface area contributed by atoms with Crippen LogP contribution in [0.15, 0.2) is 42.5 Å². The second kappa shape index (κ2) is 5.55. The van der Waals surface area contributed by atoms with Crippen LogP contribution in [0.4, 0.5) is 10.1 Å². The zero-order valence-electron chi connectivity index (χ0n) is 13.1. The Hall–Kier alpha value is -1.95. The number of fused-ring (bicyclic) bond motifs is 3. The summed E-state index contributed by atoms with van der Waals surface area (Å²) in [6.45, 7) is 1.11. The van der Waals surface area contributed by atoms with E-state index in [0.717, 1.165) is 0 Å². The van der Waals surface area contributed by atoms with E-state index in [4.69, 9.17) is 16.3 Å². The number of carbonyl (C=O) groups excluding carboxylic acids is 1. The quantitative estimate of drug-likeness (QED) is 0.796. The van der Waals surface area contributed by atoms with E-state index in [1.807, 2.05) is 4.90 Å². The Balaban J connectivity index is 2.06. The van der Waals surface area contributed by atoms with E-state index in [0.29, 0.717) is 35.0 Å². The zero-order chi connectivity index (χ0) is 16.9. The van der Waals surface area contributed by atoms with E-state index in [2.05, 4.69) is 0 Å². The van der Waals surface area contributed by atoms with Gasteiger partial charge in [0.15, 0.2) is 5.72 Å². The van der Waals surface area contributed by atoms with Gasteiger partial charge in [-0.05, 0) is 24.3 Å². The Bertz CT molecular complexity index is 828. The lowest BCUT2D eigenvalue weighted by Gasteiger charge is -2.36. The van der Waals surface area contributed by atoms with Crippen LogP contribution in [0.2, 0.25) is 5.02 Å². The Labute approximate surface area is 144 Å². The number of ether oxygens (including phenoxy) is 1. The third-order valence-electron chi connectivity index (χ3n) is 4.74. The maximum atomic E-state index is 14.7. The molecular weight excluding hydrogens is 331 g/mol. The number of carbonyl (C=O) groups is 1. The van der Waals surface area contributed by atoms with Crippen molar-refractivity contribution in [2.45, 2.75) is 5.72 Å². The van der Waals surface area contributed by atoms with Crippen LogP contribution in [0.1, 0.15) is 11.1 Å². The van der Waals surface area contributed by atoms with Crippen LogP contribution < -0.4 is 4.90 Å². The molecule has 0 aromatic heterocycles. The van der Waals surface area contributed by atoms with Gasteiger partial charge in [0, 0.05) is 29.7 Å². The van der Waals surface area contributed by atoms with E-state index in [1.54, 1.807) is 48.3 Å². The molecule has 4 nitrogen and oxygen atoms in total. The molecule has 1 amide bonds. The summed E-state index contributed by atoms with van der Waals surface area (Å²) in [5, 5.41) is 0.516. The smallest absolute Gasteiger partial charge is 0.241 e. The molecule has 2 heterocycles. The summed E-state index contributed by atoms with van der Waals surface area (Å²) in [4.78, 5) is 16.0. The SMILES string of the molecule is CN1C(=O)CN2CCOC2(c2ccccc2F)c2cc(Cl)ccc21. The number of hydrogen-bond acceptors (Lipinski definition) is 3. The van der Waals surface area contributed by atoms with Gasteiger partial charge >= 0.3 is 0 Å². The van der Waals surface area contributed by atoms with Crippen molar-refractivity contribution < 1.29 is 13.9 Å². The lowest BCUT2D eigenvalue weighted by Crippen LogP contribution is -2.45. The van der Waals surface area contributed by atoms with Crippen LogP contribution in [0.25, 0.3) is 0 Å². The molecule has 24 heavy (non-hydrogen) atoms. The summed E-state index contributed by atoms with van der Waals surface area (Å²) in [6.07, 6.45) is 0. The largest absolute Gasteiger partial charge is 0.350 e.